The van der Waals surface area contributed by atoms with Crippen molar-refractivity contribution >= 4 is 23.1 Å². The van der Waals surface area contributed by atoms with Gasteiger partial charge in [-0.05, 0) is 12.1 Å². The summed E-state index contributed by atoms with van der Waals surface area (Å²) in [5.74, 6) is -2.10. The molecular weight excluding hydrogens is 450 g/mol. The minimum absolute atomic E-state index is 0.00626. The predicted molar refractivity (Wildman–Crippen MR) is 118 cm³/mol. The van der Waals surface area contributed by atoms with Gasteiger partial charge in [-0.2, -0.15) is 0 Å². The molecule has 0 saturated carbocycles. The molecule has 5 rings (SSSR count). The van der Waals surface area contributed by atoms with Crippen LogP contribution in [0, 0.1) is 0 Å². The number of hydrogen-bond acceptors (Lipinski definition) is 7. The number of fused-ring (bicyclic) bond motifs is 2. The molecule has 3 aromatic heterocycles. The zero-order valence-electron chi connectivity index (χ0n) is 18.6. The van der Waals surface area contributed by atoms with E-state index in [-0.39, 0.29) is 37.5 Å². The van der Waals surface area contributed by atoms with Gasteiger partial charge in [-0.1, -0.05) is 0 Å². The number of rotatable bonds is 5. The summed E-state index contributed by atoms with van der Waals surface area (Å²) in [5.41, 5.74) is 1.30. The number of aromatic nitrogens is 4. The molecule has 1 saturated heterocycles. The fourth-order valence-corrected chi connectivity index (χ4v) is 4.19. The number of hydrogen-bond donors (Lipinski definition) is 0. The fraction of sp³-hybridized carbons (Fsp3) is 0.455. The number of anilines is 2. The van der Waals surface area contributed by atoms with Crippen LogP contribution in [0.1, 0.15) is 23.2 Å². The monoisotopic (exact) mass is 474 g/mol. The molecule has 1 fully saturated rings. The third-order valence-corrected chi connectivity index (χ3v) is 6.08. The number of methoxy groups -OCH3 is 1. The molecule has 0 atom stereocenters. The Hall–Kier alpha value is -3.54. The number of alkyl halides is 2. The lowest BCUT2D eigenvalue weighted by Gasteiger charge is -2.32. The summed E-state index contributed by atoms with van der Waals surface area (Å²) in [6.07, 6.45) is 2.42. The van der Waals surface area contributed by atoms with Gasteiger partial charge < -0.3 is 19.3 Å². The van der Waals surface area contributed by atoms with Crippen LogP contribution in [0.25, 0.3) is 5.65 Å². The summed E-state index contributed by atoms with van der Waals surface area (Å²) >= 11 is 0. The van der Waals surface area contributed by atoms with Crippen LogP contribution < -0.4 is 15.3 Å². The van der Waals surface area contributed by atoms with Crippen molar-refractivity contribution in [1.82, 2.24) is 24.1 Å². The minimum atomic E-state index is -2.72. The second-order valence-corrected chi connectivity index (χ2v) is 8.31. The van der Waals surface area contributed by atoms with E-state index < -0.39 is 5.92 Å². The number of amides is 1. The Morgan fingerprint density at radius 3 is 2.79 bits per heavy atom. The van der Waals surface area contributed by atoms with Crippen molar-refractivity contribution in [3.8, 4) is 5.75 Å². The van der Waals surface area contributed by atoms with Gasteiger partial charge in [-0.25, -0.2) is 23.2 Å². The SMILES string of the molecule is COCCn1nc2cc(N3CCOc4cc(C(=O)N5CCC(F)(F)CC5)cnc43)ccn2c1=O. The number of carbonyl (C=O) groups is 1. The van der Waals surface area contributed by atoms with Crippen molar-refractivity contribution in [3.63, 3.8) is 0 Å². The van der Waals surface area contributed by atoms with Gasteiger partial charge >= 0.3 is 5.69 Å². The maximum Gasteiger partial charge on any atom is 0.350 e. The van der Waals surface area contributed by atoms with Crippen molar-refractivity contribution in [2.75, 3.05) is 44.9 Å². The lowest BCUT2D eigenvalue weighted by Crippen LogP contribution is -2.42. The van der Waals surface area contributed by atoms with Crippen LogP contribution in [0.15, 0.2) is 35.4 Å². The van der Waals surface area contributed by atoms with Crippen LogP contribution in [0.2, 0.25) is 0 Å². The predicted octanol–water partition coefficient (Wildman–Crippen LogP) is 1.94. The first-order valence-electron chi connectivity index (χ1n) is 11.0. The Morgan fingerprint density at radius 2 is 2.03 bits per heavy atom. The maximum atomic E-state index is 13.4. The summed E-state index contributed by atoms with van der Waals surface area (Å²) in [6, 6.07) is 5.18. The number of pyridine rings is 2. The second kappa shape index (κ2) is 8.67. The fourth-order valence-electron chi connectivity index (χ4n) is 4.19. The first-order valence-corrected chi connectivity index (χ1v) is 11.0. The Bertz CT molecular complexity index is 1280. The molecule has 2 aliphatic rings. The van der Waals surface area contributed by atoms with Gasteiger partial charge in [0.15, 0.2) is 17.2 Å². The highest BCUT2D eigenvalue weighted by Crippen LogP contribution is 2.36. The molecule has 5 heterocycles. The highest BCUT2D eigenvalue weighted by atomic mass is 19.3. The number of piperidine rings is 1. The Morgan fingerprint density at radius 1 is 1.24 bits per heavy atom. The lowest BCUT2D eigenvalue weighted by atomic mass is 10.1. The van der Waals surface area contributed by atoms with E-state index in [1.165, 1.54) is 20.2 Å². The summed E-state index contributed by atoms with van der Waals surface area (Å²) in [7, 11) is 1.56. The van der Waals surface area contributed by atoms with E-state index in [0.29, 0.717) is 49.1 Å². The number of likely N-dealkylation sites (tertiary alicyclic amines) is 1. The van der Waals surface area contributed by atoms with Crippen molar-refractivity contribution in [2.45, 2.75) is 25.3 Å². The summed E-state index contributed by atoms with van der Waals surface area (Å²) in [4.78, 5) is 33.1. The molecule has 3 aromatic rings. The third-order valence-electron chi connectivity index (χ3n) is 6.08. The van der Waals surface area contributed by atoms with E-state index >= 15 is 0 Å². The molecule has 12 heteroatoms. The smallest absolute Gasteiger partial charge is 0.350 e. The first kappa shape index (κ1) is 22.3. The quantitative estimate of drug-likeness (QED) is 0.558. The molecule has 0 radical (unpaired) electrons. The average molecular weight is 474 g/mol. The lowest BCUT2D eigenvalue weighted by molar-refractivity contribution is -0.0494. The van der Waals surface area contributed by atoms with E-state index in [0.717, 1.165) is 5.69 Å². The number of ether oxygens (including phenoxy) is 2. The molecule has 34 heavy (non-hydrogen) atoms. The first-order chi connectivity index (χ1) is 16.4. The average Bonchev–Trinajstić information content (AvgIpc) is 3.16. The second-order valence-electron chi connectivity index (χ2n) is 8.31. The van der Waals surface area contributed by atoms with Crippen LogP contribution >= 0.6 is 0 Å². The molecule has 10 nitrogen and oxygen atoms in total. The van der Waals surface area contributed by atoms with Crippen LogP contribution in [-0.2, 0) is 11.3 Å². The zero-order valence-corrected chi connectivity index (χ0v) is 18.6. The molecule has 0 aromatic carbocycles. The third kappa shape index (κ3) is 4.09. The van der Waals surface area contributed by atoms with Crippen LogP contribution in [0.3, 0.4) is 0 Å². The Kier molecular flexibility index (Phi) is 5.68. The van der Waals surface area contributed by atoms with Crippen LogP contribution in [-0.4, -0.2) is 75.9 Å². The van der Waals surface area contributed by atoms with Crippen LogP contribution in [0.4, 0.5) is 20.3 Å². The minimum Gasteiger partial charge on any atom is -0.488 e. The van der Waals surface area contributed by atoms with E-state index in [1.807, 2.05) is 4.90 Å². The highest BCUT2D eigenvalue weighted by Gasteiger charge is 2.36. The van der Waals surface area contributed by atoms with Gasteiger partial charge in [0.1, 0.15) is 6.61 Å². The molecule has 180 valence electrons. The van der Waals surface area contributed by atoms with E-state index in [4.69, 9.17) is 9.47 Å². The topological polar surface area (TPSA) is 94.2 Å². The number of nitrogens with zero attached hydrogens (tertiary/aromatic N) is 6. The molecular formula is C22H24F2N6O4. The van der Waals surface area contributed by atoms with Crippen molar-refractivity contribution in [2.24, 2.45) is 0 Å². The van der Waals surface area contributed by atoms with Crippen molar-refractivity contribution < 1.29 is 23.0 Å². The summed E-state index contributed by atoms with van der Waals surface area (Å²) < 4.78 is 40.5. The van der Waals surface area contributed by atoms with Crippen molar-refractivity contribution in [3.05, 3.63) is 46.6 Å². The Labute approximate surface area is 193 Å². The summed E-state index contributed by atoms with van der Waals surface area (Å²) in [6.45, 7) is 1.61. The maximum absolute atomic E-state index is 13.4. The van der Waals surface area contributed by atoms with Gasteiger partial charge in [-0.3, -0.25) is 9.20 Å². The molecule has 0 spiro atoms. The highest BCUT2D eigenvalue weighted by molar-refractivity contribution is 5.95. The molecule has 0 aliphatic carbocycles. The molecule has 1 amide bonds. The normalized spacial score (nSPS) is 17.5. The van der Waals surface area contributed by atoms with Gasteiger partial charge in [-0.15, -0.1) is 5.10 Å². The van der Waals surface area contributed by atoms with E-state index in [1.54, 1.807) is 31.5 Å². The van der Waals surface area contributed by atoms with Gasteiger partial charge in [0.25, 0.3) is 11.8 Å². The number of carbonyl (C=O) groups excluding carboxylic acids is 1. The van der Waals surface area contributed by atoms with Crippen molar-refractivity contribution in [1.29, 1.82) is 0 Å². The molecule has 0 bridgehead atoms. The Balaban J connectivity index is 1.40. The molecule has 2 aliphatic heterocycles. The standard InChI is InChI=1S/C22H24F2N6O4/c1-33-10-9-30-21(32)29-5-2-16(13-18(29)26-30)28-8-11-34-17-12-15(14-25-19(17)28)20(31)27-6-3-22(23,24)4-7-27/h2,5,12-14H,3-4,6-11H2,1H3. The molecule has 0 N–H and O–H groups in total. The van der Waals surface area contributed by atoms with Crippen LogP contribution in [0.5, 0.6) is 5.75 Å². The van der Waals surface area contributed by atoms with Gasteiger partial charge in [0, 0.05) is 57.2 Å². The van der Waals surface area contributed by atoms with E-state index in [2.05, 4.69) is 10.1 Å². The number of halogens is 2. The molecule has 0 unspecified atom stereocenters. The largest absolute Gasteiger partial charge is 0.488 e. The zero-order chi connectivity index (χ0) is 23.9. The summed E-state index contributed by atoms with van der Waals surface area (Å²) in [5, 5.41) is 4.37. The van der Waals surface area contributed by atoms with Gasteiger partial charge in [0.05, 0.1) is 25.3 Å². The van der Waals surface area contributed by atoms with Gasteiger partial charge in [0.2, 0.25) is 0 Å². The van der Waals surface area contributed by atoms with E-state index in [9.17, 15) is 18.4 Å².